The van der Waals surface area contributed by atoms with Crippen LogP contribution in [-0.4, -0.2) is 20.4 Å². The Labute approximate surface area is 86.6 Å². The second-order valence-electron chi connectivity index (χ2n) is 1.67. The van der Waals surface area contributed by atoms with Gasteiger partial charge in [-0.2, -0.15) is 0 Å². The van der Waals surface area contributed by atoms with Crippen molar-refractivity contribution in [2.24, 2.45) is 0 Å². The van der Waals surface area contributed by atoms with Crippen molar-refractivity contribution < 1.29 is 0 Å². The molecule has 0 saturated heterocycles. The first kappa shape index (κ1) is 10.1. The topological polar surface area (TPSA) is 104 Å². The fraction of sp³-hybridized carbons (Fsp3) is 0. The normalized spacial score (nSPS) is 9.00. The highest BCUT2D eigenvalue weighted by atomic mass is 35.5. The van der Waals surface area contributed by atoms with Gasteiger partial charge in [0.2, 0.25) is 14.7 Å². The number of nitrogens with zero attached hydrogens (tertiary/aromatic N) is 4. The van der Waals surface area contributed by atoms with Gasteiger partial charge in [0.25, 0.3) is 0 Å². The summed E-state index contributed by atoms with van der Waals surface area (Å²) in [5.41, 5.74) is 11.9. The van der Waals surface area contributed by atoms with E-state index < -0.39 is 0 Å². The minimum Gasteiger partial charge on any atom is -0.374 e. The number of rotatable bonds is 0. The van der Waals surface area contributed by atoms with E-state index in [1.807, 2.05) is 0 Å². The summed E-state index contributed by atoms with van der Waals surface area (Å²) in [6.07, 6.45) is 0. The summed E-state index contributed by atoms with van der Waals surface area (Å²) in [6.45, 7) is 0. The van der Waals surface area contributed by atoms with Gasteiger partial charge in [-0.1, -0.05) is 22.7 Å². The molecule has 2 heterocycles. The van der Waals surface area contributed by atoms with Gasteiger partial charge in [0.1, 0.15) is 5.51 Å². The van der Waals surface area contributed by atoms with E-state index in [1.54, 1.807) is 5.51 Å². The van der Waals surface area contributed by atoms with E-state index in [9.17, 15) is 0 Å². The Kier molecular flexibility index (Phi) is 3.80. The van der Waals surface area contributed by atoms with Crippen LogP contribution in [0.1, 0.15) is 0 Å². The molecule has 0 spiro atoms. The average Bonchev–Trinajstić information content (AvgIpc) is 2.64. The van der Waals surface area contributed by atoms with E-state index in [-0.39, 0.29) is 0 Å². The largest absolute Gasteiger partial charge is 0.374 e. The van der Waals surface area contributed by atoms with E-state index in [1.165, 1.54) is 11.3 Å². The zero-order valence-corrected chi connectivity index (χ0v) is 8.60. The van der Waals surface area contributed by atoms with Crippen LogP contribution < -0.4 is 11.5 Å². The molecule has 2 aromatic rings. The molecule has 70 valence electrons. The summed E-state index contributed by atoms with van der Waals surface area (Å²) >= 11 is 7.82. The molecule has 2 rings (SSSR count). The predicted molar refractivity (Wildman–Crippen MR) is 53.7 cm³/mol. The quantitative estimate of drug-likeness (QED) is 0.704. The third-order valence-corrected chi connectivity index (χ3v) is 2.16. The smallest absolute Gasteiger partial charge is 0.208 e. The predicted octanol–water partition coefficient (Wildman–Crippen LogP) is 0.894. The molecule has 0 fully saturated rings. The molecular formula is C4H5ClN6S2. The number of anilines is 2. The SMILES string of the molecule is Nc1nnc(Cl)s1.Nc1nncs1. The van der Waals surface area contributed by atoms with Crippen molar-refractivity contribution in [3.8, 4) is 0 Å². The van der Waals surface area contributed by atoms with Gasteiger partial charge in [-0.3, -0.25) is 0 Å². The molecule has 0 radical (unpaired) electrons. The lowest BCUT2D eigenvalue weighted by molar-refractivity contribution is 1.10. The lowest BCUT2D eigenvalue weighted by atomic mass is 11.3. The maximum Gasteiger partial charge on any atom is 0.208 e. The van der Waals surface area contributed by atoms with Crippen molar-refractivity contribution in [2.45, 2.75) is 0 Å². The lowest BCUT2D eigenvalue weighted by Crippen LogP contribution is -1.79. The van der Waals surface area contributed by atoms with Crippen LogP contribution >= 0.6 is 34.3 Å². The summed E-state index contributed by atoms with van der Waals surface area (Å²) in [7, 11) is 0. The number of hydrogen-bond acceptors (Lipinski definition) is 8. The van der Waals surface area contributed by atoms with Crippen LogP contribution in [-0.2, 0) is 0 Å². The van der Waals surface area contributed by atoms with Gasteiger partial charge < -0.3 is 11.5 Å². The first-order valence-electron chi connectivity index (χ1n) is 2.94. The average molecular weight is 237 g/mol. The van der Waals surface area contributed by atoms with Crippen molar-refractivity contribution in [1.29, 1.82) is 0 Å². The third-order valence-electron chi connectivity index (χ3n) is 0.793. The molecule has 6 nitrogen and oxygen atoms in total. The summed E-state index contributed by atoms with van der Waals surface area (Å²) < 4.78 is 0.387. The zero-order valence-electron chi connectivity index (χ0n) is 6.22. The highest BCUT2D eigenvalue weighted by molar-refractivity contribution is 7.18. The molecular weight excluding hydrogens is 232 g/mol. The van der Waals surface area contributed by atoms with E-state index in [0.29, 0.717) is 14.7 Å². The standard InChI is InChI=1S/C2H2ClN3S.C2H3N3S/c3-1-5-6-2(4)7-1;3-2-5-4-1-6-2/h(H2,4,6);1H,(H2,3,5). The monoisotopic (exact) mass is 236 g/mol. The van der Waals surface area contributed by atoms with Gasteiger partial charge in [-0.25, -0.2) is 0 Å². The molecule has 0 aromatic carbocycles. The highest BCUT2D eigenvalue weighted by Gasteiger charge is 1.91. The van der Waals surface area contributed by atoms with Crippen LogP contribution in [0, 0.1) is 0 Å². The Bertz CT molecular complexity index is 329. The summed E-state index contributed by atoms with van der Waals surface area (Å²) in [5, 5.41) is 14.7. The fourth-order valence-corrected chi connectivity index (χ4v) is 1.30. The molecule has 0 atom stereocenters. The van der Waals surface area contributed by atoms with E-state index in [4.69, 9.17) is 23.1 Å². The summed E-state index contributed by atoms with van der Waals surface area (Å²) in [4.78, 5) is 0. The maximum atomic E-state index is 5.33. The van der Waals surface area contributed by atoms with Crippen molar-refractivity contribution in [3.05, 3.63) is 9.98 Å². The van der Waals surface area contributed by atoms with Gasteiger partial charge in [-0.15, -0.1) is 20.4 Å². The van der Waals surface area contributed by atoms with Gasteiger partial charge in [-0.05, 0) is 11.6 Å². The van der Waals surface area contributed by atoms with Crippen LogP contribution in [0.4, 0.5) is 10.3 Å². The molecule has 4 N–H and O–H groups in total. The Morgan fingerprint density at radius 3 is 2.08 bits per heavy atom. The number of nitrogens with two attached hydrogens (primary N) is 2. The van der Waals surface area contributed by atoms with Crippen molar-refractivity contribution >= 4 is 44.5 Å². The Morgan fingerprint density at radius 2 is 1.92 bits per heavy atom. The first-order valence-corrected chi connectivity index (χ1v) is 5.02. The molecule has 0 aliphatic rings. The number of aromatic nitrogens is 4. The Balaban J connectivity index is 0.000000132. The number of nitrogen functional groups attached to an aromatic ring is 2. The summed E-state index contributed by atoms with van der Waals surface area (Å²) in [5.74, 6) is 0. The molecule has 0 aliphatic heterocycles. The molecule has 0 aliphatic carbocycles. The van der Waals surface area contributed by atoms with Gasteiger partial charge in [0, 0.05) is 0 Å². The second-order valence-corrected chi connectivity index (χ2v) is 4.13. The van der Waals surface area contributed by atoms with Crippen LogP contribution in [0.3, 0.4) is 0 Å². The van der Waals surface area contributed by atoms with Crippen LogP contribution in [0.2, 0.25) is 4.47 Å². The highest BCUT2D eigenvalue weighted by Crippen LogP contribution is 2.15. The molecule has 9 heteroatoms. The first-order chi connectivity index (χ1) is 6.18. The maximum absolute atomic E-state index is 5.33. The molecule has 0 bridgehead atoms. The minimum absolute atomic E-state index is 0.387. The van der Waals surface area contributed by atoms with E-state index >= 15 is 0 Å². The number of halogens is 1. The van der Waals surface area contributed by atoms with E-state index in [0.717, 1.165) is 11.3 Å². The van der Waals surface area contributed by atoms with E-state index in [2.05, 4.69) is 20.4 Å². The van der Waals surface area contributed by atoms with Gasteiger partial charge >= 0.3 is 0 Å². The van der Waals surface area contributed by atoms with Crippen molar-refractivity contribution in [2.75, 3.05) is 11.5 Å². The fourth-order valence-electron chi connectivity index (χ4n) is 0.397. The molecule has 0 unspecified atom stereocenters. The molecule has 0 amide bonds. The zero-order chi connectivity index (χ0) is 9.68. The van der Waals surface area contributed by atoms with Crippen molar-refractivity contribution in [1.82, 2.24) is 20.4 Å². The molecule has 2 aromatic heterocycles. The van der Waals surface area contributed by atoms with Gasteiger partial charge in [0.05, 0.1) is 0 Å². The minimum atomic E-state index is 0.387. The van der Waals surface area contributed by atoms with Crippen molar-refractivity contribution in [3.63, 3.8) is 0 Å². The third kappa shape index (κ3) is 3.97. The Hall–Kier alpha value is -0.990. The molecule has 13 heavy (non-hydrogen) atoms. The van der Waals surface area contributed by atoms with Crippen LogP contribution in [0.5, 0.6) is 0 Å². The Morgan fingerprint density at radius 1 is 1.15 bits per heavy atom. The van der Waals surface area contributed by atoms with Gasteiger partial charge in [0.15, 0.2) is 0 Å². The molecule has 0 saturated carbocycles. The van der Waals surface area contributed by atoms with Crippen LogP contribution in [0.15, 0.2) is 5.51 Å². The van der Waals surface area contributed by atoms with Crippen LogP contribution in [0.25, 0.3) is 0 Å². The summed E-state index contributed by atoms with van der Waals surface area (Å²) in [6, 6.07) is 0. The lowest BCUT2D eigenvalue weighted by Gasteiger charge is -1.65. The number of hydrogen-bond donors (Lipinski definition) is 2. The second kappa shape index (κ2) is 4.90.